The van der Waals surface area contributed by atoms with E-state index < -0.39 is 21.1 Å². The molecule has 0 aliphatic heterocycles. The second-order valence-electron chi connectivity index (χ2n) is 1.24. The highest BCUT2D eigenvalue weighted by Crippen LogP contribution is 2.51. The molecule has 0 radical (unpaired) electrons. The predicted molar refractivity (Wildman–Crippen MR) is 24.0 cm³/mol. The molecule has 0 unspecified atom stereocenters. The van der Waals surface area contributed by atoms with E-state index >= 15 is 0 Å². The van der Waals surface area contributed by atoms with Gasteiger partial charge in [-0.05, 0) is 0 Å². The number of hydrogen-bond acceptors (Lipinski definition) is 4. The summed E-state index contributed by atoms with van der Waals surface area (Å²) in [4.78, 5) is 34.8. The van der Waals surface area contributed by atoms with Crippen molar-refractivity contribution in [2.45, 2.75) is 0 Å². The fourth-order valence-electron chi connectivity index (χ4n) is 0.184. The van der Waals surface area contributed by atoms with Gasteiger partial charge >= 0.3 is 0 Å². The topological polar surface area (TPSA) is 121 Å². The molecule has 6 nitrogen and oxygen atoms in total. The van der Waals surface area contributed by atoms with Crippen molar-refractivity contribution in [3.8, 4) is 0 Å². The number of hydrogen-bond donors (Lipinski definition) is 2. The minimum atomic E-state index is -5.18. The normalized spacial score (nSPS) is 13.8. The molecule has 0 heterocycles. The van der Waals surface area contributed by atoms with Crippen molar-refractivity contribution < 1.29 is 28.7 Å². The van der Waals surface area contributed by atoms with Crippen LogP contribution in [0.1, 0.15) is 0 Å². The highest BCUT2D eigenvalue weighted by Gasteiger charge is 1.99. The summed E-state index contributed by atoms with van der Waals surface area (Å²) in [6.07, 6.45) is 0. The summed E-state index contributed by atoms with van der Waals surface area (Å²) >= 11 is 0. The fraction of sp³-hybridized carbons (Fsp3) is 0. The largest absolute Gasteiger partial charge is 0.834 e. The zero-order valence-electron chi connectivity index (χ0n) is 4.00. The Morgan fingerprint density at radius 2 is 1.56 bits per heavy atom. The zero-order chi connectivity index (χ0) is 7.71. The van der Waals surface area contributed by atoms with Crippen LogP contribution in [0.4, 0.5) is 0 Å². The third-order valence-electron chi connectivity index (χ3n) is 0.292. The van der Waals surface area contributed by atoms with E-state index in [2.05, 4.69) is 0 Å². The quantitative estimate of drug-likeness (QED) is 0.375. The van der Waals surface area contributed by atoms with Crippen molar-refractivity contribution in [2.24, 2.45) is 0 Å². The maximum Gasteiger partial charge on any atom is 0.187 e. The van der Waals surface area contributed by atoms with Crippen molar-refractivity contribution in [3.63, 3.8) is 0 Å². The van der Waals surface area contributed by atoms with Gasteiger partial charge in [0.05, 0.1) is 0 Å². The summed E-state index contributed by atoms with van der Waals surface area (Å²) in [7, 11) is -9.98. The van der Waals surface area contributed by atoms with Gasteiger partial charge in [-0.25, -0.2) is 7.60 Å². The van der Waals surface area contributed by atoms with E-state index in [0.29, 0.717) is 0 Å². The molecule has 0 fully saturated rings. The molecule has 2 N–H and O–H groups in total. The third-order valence-corrected chi connectivity index (χ3v) is 2.63. The van der Waals surface area contributed by atoms with Crippen molar-refractivity contribution >= 4 is 15.2 Å². The first-order chi connectivity index (χ1) is 3.71. The summed E-state index contributed by atoms with van der Waals surface area (Å²) in [6, 6.07) is 0. The Morgan fingerprint density at radius 1 is 1.22 bits per heavy atom. The van der Waals surface area contributed by atoms with Crippen LogP contribution in [0.2, 0.25) is 0 Å². The van der Waals surface area contributed by atoms with Gasteiger partial charge in [0, 0.05) is 0 Å². The molecule has 0 aliphatic rings. The molecule has 0 rings (SSSR count). The van der Waals surface area contributed by atoms with E-state index in [1.165, 1.54) is 0 Å². The monoisotopic (exact) mass is 173 g/mol. The van der Waals surface area contributed by atoms with Crippen LogP contribution in [0.15, 0.2) is 0 Å². The molecule has 0 saturated heterocycles. The Morgan fingerprint density at radius 3 is 1.56 bits per heavy atom. The Kier molecular flexibility index (Phi) is 2.58. The standard InChI is InChI=1S/CH5O6P2/c2-8(3,4)1-9(5,6)7/h1H,(H2,2,3,4)(H2,5,6,7)/q-1/p-2. The first-order valence-corrected chi connectivity index (χ1v) is 4.94. The smallest absolute Gasteiger partial charge is 0.187 e. The maximum atomic E-state index is 9.71. The van der Waals surface area contributed by atoms with E-state index in [-0.39, 0.29) is 0 Å². The predicted octanol–water partition coefficient (Wildman–Crippen LogP) is -1.80. The molecule has 0 aromatic rings. The Balaban J connectivity index is 4.07. The fourth-order valence-corrected chi connectivity index (χ4v) is 1.66. The van der Waals surface area contributed by atoms with Crippen LogP contribution in [0.3, 0.4) is 0 Å². The lowest BCUT2D eigenvalue weighted by Crippen LogP contribution is -2.13. The minimum Gasteiger partial charge on any atom is -0.834 e. The van der Waals surface area contributed by atoms with Crippen LogP contribution in [0.5, 0.6) is 0 Å². The zero-order valence-corrected chi connectivity index (χ0v) is 5.79. The summed E-state index contributed by atoms with van der Waals surface area (Å²) in [5, 5.41) is 0. The summed E-state index contributed by atoms with van der Waals surface area (Å²) in [5.74, 6) is -0.514. The molecule has 0 aromatic heterocycles. The van der Waals surface area contributed by atoms with Crippen molar-refractivity contribution in [2.75, 3.05) is 0 Å². The molecule has 0 aromatic carbocycles. The van der Waals surface area contributed by atoms with Crippen molar-refractivity contribution in [1.29, 1.82) is 0 Å². The van der Waals surface area contributed by atoms with E-state index in [1.54, 1.807) is 0 Å². The molecule has 9 heavy (non-hydrogen) atoms. The van der Waals surface area contributed by atoms with Gasteiger partial charge in [-0.3, -0.25) is 4.57 Å². The van der Waals surface area contributed by atoms with Gasteiger partial charge < -0.3 is 24.1 Å². The van der Waals surface area contributed by atoms with Gasteiger partial charge in [0.2, 0.25) is 0 Å². The van der Waals surface area contributed by atoms with Gasteiger partial charge in [0.15, 0.2) is 7.60 Å². The van der Waals surface area contributed by atoms with Crippen LogP contribution in [0, 0.1) is 5.90 Å². The lowest BCUT2D eigenvalue weighted by Gasteiger charge is -2.40. The van der Waals surface area contributed by atoms with Gasteiger partial charge in [-0.15, -0.1) is 0 Å². The molecule has 0 atom stereocenters. The molecule has 0 aliphatic carbocycles. The minimum absolute atomic E-state index is 0.514. The van der Waals surface area contributed by atoms with E-state index in [4.69, 9.17) is 9.79 Å². The Bertz CT molecular complexity index is 151. The van der Waals surface area contributed by atoms with Crippen molar-refractivity contribution in [1.82, 2.24) is 0 Å². The number of rotatable bonds is 2. The van der Waals surface area contributed by atoms with Crippen molar-refractivity contribution in [3.05, 3.63) is 5.90 Å². The van der Waals surface area contributed by atoms with Crippen LogP contribution < -0.4 is 9.79 Å². The van der Waals surface area contributed by atoms with Crippen LogP contribution in [-0.2, 0) is 9.13 Å². The Labute approximate surface area is 50.8 Å². The second-order valence-corrected chi connectivity index (χ2v) is 4.43. The first-order valence-electron chi connectivity index (χ1n) is 1.65. The molecule has 8 heteroatoms. The van der Waals surface area contributed by atoms with Gasteiger partial charge in [-0.2, -0.15) is 5.90 Å². The molecular formula is CH3O6P2-3. The highest BCUT2D eigenvalue weighted by atomic mass is 31.2. The van der Waals surface area contributed by atoms with Crippen LogP contribution in [0.25, 0.3) is 0 Å². The average molecular weight is 173 g/mol. The second kappa shape index (κ2) is 2.50. The maximum absolute atomic E-state index is 9.71. The lowest BCUT2D eigenvalue weighted by atomic mass is 11.9. The van der Waals surface area contributed by atoms with E-state index in [9.17, 15) is 18.9 Å². The van der Waals surface area contributed by atoms with E-state index in [1.807, 2.05) is 0 Å². The SMILES string of the molecule is O=P([O-])([O-])[CH-]P(=O)(O)O. The molecule has 56 valence electrons. The van der Waals surface area contributed by atoms with Crippen LogP contribution in [-0.4, -0.2) is 9.79 Å². The molecular weight excluding hydrogens is 170 g/mol. The van der Waals surface area contributed by atoms with E-state index in [0.717, 1.165) is 0 Å². The average Bonchev–Trinajstić information content (AvgIpc) is 1.14. The summed E-state index contributed by atoms with van der Waals surface area (Å²) in [5.41, 5.74) is 0. The van der Waals surface area contributed by atoms with Gasteiger partial charge in [-0.1, -0.05) is 0 Å². The molecule has 0 amide bonds. The first kappa shape index (κ1) is 9.30. The van der Waals surface area contributed by atoms with Crippen LogP contribution >= 0.6 is 15.2 Å². The molecule has 0 bridgehead atoms. The van der Waals surface area contributed by atoms with Gasteiger partial charge in [0.1, 0.15) is 0 Å². The molecule has 0 spiro atoms. The molecule has 0 saturated carbocycles. The lowest BCUT2D eigenvalue weighted by molar-refractivity contribution is -0.309. The van der Waals surface area contributed by atoms with Gasteiger partial charge in [0.25, 0.3) is 0 Å². The summed E-state index contributed by atoms with van der Waals surface area (Å²) < 4.78 is 19.3. The Hall–Kier alpha value is 0.300. The summed E-state index contributed by atoms with van der Waals surface area (Å²) in [6.45, 7) is 0. The third kappa shape index (κ3) is 8.30. The highest BCUT2D eigenvalue weighted by molar-refractivity contribution is 7.72.